The third-order valence-electron chi connectivity index (χ3n) is 5.43. The second kappa shape index (κ2) is 9.70. The van der Waals surface area contributed by atoms with Crippen LogP contribution in [0.4, 0.5) is 4.39 Å². The number of nitrogens with zero attached hydrogens (tertiary/aromatic N) is 3. The summed E-state index contributed by atoms with van der Waals surface area (Å²) in [6.45, 7) is 7.56. The van der Waals surface area contributed by atoms with E-state index in [2.05, 4.69) is 11.6 Å². The van der Waals surface area contributed by atoms with Crippen LogP contribution < -0.4 is 0 Å². The number of carbonyl (C=O) groups is 2. The van der Waals surface area contributed by atoms with Gasteiger partial charge < -0.3 is 19.3 Å². The summed E-state index contributed by atoms with van der Waals surface area (Å²) in [4.78, 5) is 34.2. The number of carbonyl (C=O) groups excluding carboxylic acids is 2. The van der Waals surface area contributed by atoms with E-state index in [4.69, 9.17) is 9.47 Å². The number of aliphatic imine (C=N–C) groups is 1. The van der Waals surface area contributed by atoms with Gasteiger partial charge in [0.25, 0.3) is 0 Å². The summed E-state index contributed by atoms with van der Waals surface area (Å²) in [5, 5.41) is 2.56. The van der Waals surface area contributed by atoms with Crippen LogP contribution in [0.15, 0.2) is 64.3 Å². The Labute approximate surface area is 190 Å². The summed E-state index contributed by atoms with van der Waals surface area (Å²) < 4.78 is 24.3. The topological polar surface area (TPSA) is 71.4 Å². The van der Waals surface area contributed by atoms with Gasteiger partial charge in [-0.3, -0.25) is 4.79 Å². The van der Waals surface area contributed by atoms with Crippen LogP contribution in [0.25, 0.3) is 0 Å². The maximum atomic E-state index is 13.6. The number of benzene rings is 1. The molecule has 1 atom stereocenters. The van der Waals surface area contributed by atoms with Gasteiger partial charge >= 0.3 is 5.97 Å². The molecule has 168 valence electrons. The first kappa shape index (κ1) is 22.3. The Morgan fingerprint density at radius 1 is 1.31 bits per heavy atom. The fourth-order valence-corrected chi connectivity index (χ4v) is 4.85. The largest absolute Gasteiger partial charge is 0.458 e. The van der Waals surface area contributed by atoms with Crippen LogP contribution in [0, 0.1) is 5.82 Å². The van der Waals surface area contributed by atoms with Gasteiger partial charge in [-0.25, -0.2) is 14.2 Å². The summed E-state index contributed by atoms with van der Waals surface area (Å²) in [5.41, 5.74) is 2.33. The van der Waals surface area contributed by atoms with Gasteiger partial charge in [0.15, 0.2) is 5.17 Å². The summed E-state index contributed by atoms with van der Waals surface area (Å²) in [5.74, 6) is -0.902. The van der Waals surface area contributed by atoms with Crippen LogP contribution in [0.5, 0.6) is 0 Å². The van der Waals surface area contributed by atoms with Crippen LogP contribution in [-0.2, 0) is 19.1 Å². The van der Waals surface area contributed by atoms with E-state index in [1.807, 2.05) is 10.3 Å². The number of thioether (sulfide) groups is 1. The summed E-state index contributed by atoms with van der Waals surface area (Å²) in [7, 11) is 0. The number of morpholine rings is 1. The predicted molar refractivity (Wildman–Crippen MR) is 120 cm³/mol. The minimum atomic E-state index is -0.584. The number of rotatable bonds is 6. The van der Waals surface area contributed by atoms with Crippen LogP contribution >= 0.6 is 11.8 Å². The lowest BCUT2D eigenvalue weighted by Crippen LogP contribution is -2.42. The first-order valence-corrected chi connectivity index (χ1v) is 11.2. The van der Waals surface area contributed by atoms with E-state index in [0.29, 0.717) is 48.3 Å². The molecular formula is C23H24FN3O4S. The van der Waals surface area contributed by atoms with E-state index in [0.717, 1.165) is 5.70 Å². The molecule has 0 spiro atoms. The zero-order valence-electron chi connectivity index (χ0n) is 17.8. The van der Waals surface area contributed by atoms with Gasteiger partial charge in [-0.05, 0) is 30.0 Å². The molecule has 9 heteroatoms. The molecule has 3 heterocycles. The van der Waals surface area contributed by atoms with Crippen molar-refractivity contribution in [1.29, 1.82) is 0 Å². The molecule has 1 fully saturated rings. The number of amidine groups is 1. The van der Waals surface area contributed by atoms with Crippen molar-refractivity contribution in [3.63, 3.8) is 0 Å². The second-order valence-electron chi connectivity index (χ2n) is 7.50. The number of allylic oxidation sites excluding steroid dienone is 1. The normalized spacial score (nSPS) is 20.5. The summed E-state index contributed by atoms with van der Waals surface area (Å²) in [6, 6.07) is 5.41. The molecule has 1 aromatic rings. The minimum absolute atomic E-state index is 0.0127. The molecule has 4 rings (SSSR count). The van der Waals surface area contributed by atoms with Gasteiger partial charge in [-0.2, -0.15) is 0 Å². The molecule has 3 aliphatic heterocycles. The lowest BCUT2D eigenvalue weighted by molar-refractivity contribution is -0.138. The Balaban J connectivity index is 1.68. The molecule has 0 bridgehead atoms. The predicted octanol–water partition coefficient (Wildman–Crippen LogP) is 3.38. The monoisotopic (exact) mass is 457 g/mol. The van der Waals surface area contributed by atoms with E-state index in [9.17, 15) is 14.0 Å². The first-order valence-electron chi connectivity index (χ1n) is 10.3. The van der Waals surface area contributed by atoms with E-state index in [1.54, 1.807) is 24.0 Å². The fraction of sp³-hybridized carbons (Fsp3) is 0.348. The second-order valence-corrected chi connectivity index (χ2v) is 8.34. The molecular weight excluding hydrogens is 433 g/mol. The Bertz CT molecular complexity index is 1010. The molecule has 1 aromatic carbocycles. The number of ether oxygens (including phenoxy) is 2. The average molecular weight is 458 g/mol. The molecule has 32 heavy (non-hydrogen) atoms. The Morgan fingerprint density at radius 2 is 2.03 bits per heavy atom. The smallest absolute Gasteiger partial charge is 0.338 e. The molecule has 7 nitrogen and oxygen atoms in total. The third-order valence-corrected chi connectivity index (χ3v) is 6.32. The molecule has 1 amide bonds. The minimum Gasteiger partial charge on any atom is -0.458 e. The van der Waals surface area contributed by atoms with E-state index in [-0.39, 0.29) is 24.8 Å². The van der Waals surface area contributed by atoms with Crippen molar-refractivity contribution in [2.75, 3.05) is 32.9 Å². The Kier molecular flexibility index (Phi) is 6.76. The molecule has 0 radical (unpaired) electrons. The molecule has 0 N–H and O–H groups in total. The zero-order chi connectivity index (χ0) is 22.7. The van der Waals surface area contributed by atoms with Crippen LogP contribution in [0.1, 0.15) is 24.9 Å². The lowest BCUT2D eigenvalue weighted by Gasteiger charge is -2.37. The number of hydrogen-bond donors (Lipinski definition) is 0. The Hall–Kier alpha value is -2.91. The van der Waals surface area contributed by atoms with Crippen LogP contribution in [0.2, 0.25) is 0 Å². The number of amides is 1. The highest BCUT2D eigenvalue weighted by atomic mass is 32.2. The van der Waals surface area contributed by atoms with Crippen molar-refractivity contribution in [2.45, 2.75) is 19.4 Å². The highest BCUT2D eigenvalue weighted by molar-refractivity contribution is 8.16. The van der Waals surface area contributed by atoms with Gasteiger partial charge in [-0.15, -0.1) is 0 Å². The van der Waals surface area contributed by atoms with E-state index < -0.39 is 12.0 Å². The van der Waals surface area contributed by atoms with Crippen LogP contribution in [-0.4, -0.2) is 59.8 Å². The molecule has 1 unspecified atom stereocenters. The molecule has 3 aliphatic rings. The van der Waals surface area contributed by atoms with Gasteiger partial charge in [0.2, 0.25) is 5.91 Å². The van der Waals surface area contributed by atoms with Gasteiger partial charge in [0.05, 0.1) is 36.9 Å². The van der Waals surface area contributed by atoms with E-state index >= 15 is 0 Å². The quantitative estimate of drug-likeness (QED) is 0.482. The highest BCUT2D eigenvalue weighted by Gasteiger charge is 2.41. The number of halogens is 1. The lowest BCUT2D eigenvalue weighted by atomic mass is 9.94. The Morgan fingerprint density at radius 3 is 2.72 bits per heavy atom. The van der Waals surface area contributed by atoms with Gasteiger partial charge in [0.1, 0.15) is 12.4 Å². The van der Waals surface area contributed by atoms with Crippen molar-refractivity contribution in [3.8, 4) is 0 Å². The van der Waals surface area contributed by atoms with Crippen molar-refractivity contribution in [2.24, 2.45) is 4.99 Å². The maximum Gasteiger partial charge on any atom is 0.338 e. The van der Waals surface area contributed by atoms with Crippen molar-refractivity contribution >= 4 is 28.8 Å². The molecule has 0 aromatic heterocycles. The van der Waals surface area contributed by atoms with Crippen molar-refractivity contribution < 1.29 is 23.5 Å². The molecule has 1 saturated heterocycles. The zero-order valence-corrected chi connectivity index (χ0v) is 18.6. The SMILES string of the molecule is C=CCOC(=O)C1=C(C)N=C2SC=C(CC(=O)N3CCOCC3)N2C1c1ccc(F)cc1. The first-order chi connectivity index (χ1) is 15.5. The van der Waals surface area contributed by atoms with Gasteiger partial charge in [-0.1, -0.05) is 36.5 Å². The maximum absolute atomic E-state index is 13.6. The number of esters is 1. The summed E-state index contributed by atoms with van der Waals surface area (Å²) >= 11 is 1.40. The fourth-order valence-electron chi connectivity index (χ4n) is 3.88. The van der Waals surface area contributed by atoms with Crippen molar-refractivity contribution in [3.05, 3.63) is 70.7 Å². The number of fused-ring (bicyclic) bond motifs is 1. The third kappa shape index (κ3) is 4.49. The van der Waals surface area contributed by atoms with Crippen molar-refractivity contribution in [1.82, 2.24) is 9.80 Å². The van der Waals surface area contributed by atoms with Crippen LogP contribution in [0.3, 0.4) is 0 Å². The standard InChI is InChI=1S/C23H24FN3O4S/c1-3-10-31-22(29)20-15(2)25-23-27(21(20)16-4-6-17(24)7-5-16)18(14-32-23)13-19(28)26-8-11-30-12-9-26/h3-7,14,21H,1,8-13H2,2H3. The summed E-state index contributed by atoms with van der Waals surface area (Å²) in [6.07, 6.45) is 1.66. The molecule has 0 saturated carbocycles. The number of hydrogen-bond acceptors (Lipinski definition) is 7. The highest BCUT2D eigenvalue weighted by Crippen LogP contribution is 2.45. The average Bonchev–Trinajstić information content (AvgIpc) is 3.19. The van der Waals surface area contributed by atoms with E-state index in [1.165, 1.54) is 30.0 Å². The van der Waals surface area contributed by atoms with Gasteiger partial charge in [0, 0.05) is 18.8 Å². The molecule has 0 aliphatic carbocycles.